The molecular formula is C17H31ClN2O3. The van der Waals surface area contributed by atoms with Crippen molar-refractivity contribution in [1.29, 1.82) is 0 Å². The van der Waals surface area contributed by atoms with Gasteiger partial charge in [0.2, 0.25) is 5.91 Å². The zero-order valence-electron chi connectivity index (χ0n) is 14.0. The fourth-order valence-corrected chi connectivity index (χ4v) is 3.87. The summed E-state index contributed by atoms with van der Waals surface area (Å²) >= 11 is 0. The SMILES string of the molecule is Cl.O=C(NCCCOCC1CCOCC1)C1CC12CCNCC2. The van der Waals surface area contributed by atoms with E-state index in [1.807, 2.05) is 0 Å². The Labute approximate surface area is 145 Å². The summed E-state index contributed by atoms with van der Waals surface area (Å²) in [6.45, 7) is 6.24. The maximum Gasteiger partial charge on any atom is 0.223 e. The summed E-state index contributed by atoms with van der Waals surface area (Å²) in [4.78, 5) is 12.2. The molecular weight excluding hydrogens is 316 g/mol. The quantitative estimate of drug-likeness (QED) is 0.689. The third-order valence-electron chi connectivity index (χ3n) is 5.56. The Morgan fingerprint density at radius 3 is 2.74 bits per heavy atom. The van der Waals surface area contributed by atoms with Crippen molar-refractivity contribution in [3.8, 4) is 0 Å². The minimum atomic E-state index is 0. The second-order valence-corrected chi connectivity index (χ2v) is 7.14. The Morgan fingerprint density at radius 2 is 2.00 bits per heavy atom. The summed E-state index contributed by atoms with van der Waals surface area (Å²) < 4.78 is 11.1. The maximum absolute atomic E-state index is 12.2. The van der Waals surface area contributed by atoms with E-state index in [1.54, 1.807) is 0 Å². The van der Waals surface area contributed by atoms with Gasteiger partial charge in [-0.1, -0.05) is 0 Å². The Balaban J connectivity index is 0.00000192. The fraction of sp³-hybridized carbons (Fsp3) is 0.941. The Morgan fingerprint density at radius 1 is 1.26 bits per heavy atom. The number of nitrogens with one attached hydrogen (secondary N) is 2. The normalized spacial score (nSPS) is 26.5. The van der Waals surface area contributed by atoms with E-state index in [4.69, 9.17) is 9.47 Å². The molecule has 0 aromatic rings. The van der Waals surface area contributed by atoms with Crippen molar-refractivity contribution in [2.75, 3.05) is 46.1 Å². The second-order valence-electron chi connectivity index (χ2n) is 7.14. The molecule has 1 amide bonds. The number of hydrogen-bond acceptors (Lipinski definition) is 4. The largest absolute Gasteiger partial charge is 0.381 e. The highest BCUT2D eigenvalue weighted by atomic mass is 35.5. The number of carbonyl (C=O) groups excluding carboxylic acids is 1. The topological polar surface area (TPSA) is 59.6 Å². The van der Waals surface area contributed by atoms with Crippen molar-refractivity contribution in [3.05, 3.63) is 0 Å². The van der Waals surface area contributed by atoms with Crippen LogP contribution in [0.5, 0.6) is 0 Å². The van der Waals surface area contributed by atoms with Crippen molar-refractivity contribution in [2.24, 2.45) is 17.3 Å². The van der Waals surface area contributed by atoms with Gasteiger partial charge in [0, 0.05) is 38.9 Å². The van der Waals surface area contributed by atoms with E-state index in [2.05, 4.69) is 10.6 Å². The maximum atomic E-state index is 12.2. The number of hydrogen-bond donors (Lipinski definition) is 2. The zero-order chi connectivity index (χ0) is 15.3. The van der Waals surface area contributed by atoms with Crippen LogP contribution in [0.3, 0.4) is 0 Å². The van der Waals surface area contributed by atoms with Crippen LogP contribution in [0.15, 0.2) is 0 Å². The van der Waals surface area contributed by atoms with E-state index in [0.29, 0.717) is 11.3 Å². The molecule has 0 aromatic carbocycles. The summed E-state index contributed by atoms with van der Waals surface area (Å²) in [7, 11) is 0. The third-order valence-corrected chi connectivity index (χ3v) is 5.56. The van der Waals surface area contributed by atoms with Gasteiger partial charge < -0.3 is 20.1 Å². The van der Waals surface area contributed by atoms with E-state index in [1.165, 1.54) is 12.8 Å². The highest BCUT2D eigenvalue weighted by Gasteiger charge is 2.57. The van der Waals surface area contributed by atoms with Gasteiger partial charge in [-0.3, -0.25) is 4.79 Å². The Bertz CT molecular complexity index is 369. The predicted molar refractivity (Wildman–Crippen MR) is 91.9 cm³/mol. The molecule has 2 aliphatic heterocycles. The lowest BCUT2D eigenvalue weighted by Crippen LogP contribution is -2.34. The van der Waals surface area contributed by atoms with E-state index < -0.39 is 0 Å². The van der Waals surface area contributed by atoms with Crippen LogP contribution >= 0.6 is 12.4 Å². The number of rotatable bonds is 7. The molecule has 3 rings (SSSR count). The van der Waals surface area contributed by atoms with Crippen molar-refractivity contribution >= 4 is 18.3 Å². The number of piperidine rings is 1. The average molecular weight is 347 g/mol. The van der Waals surface area contributed by atoms with E-state index >= 15 is 0 Å². The minimum Gasteiger partial charge on any atom is -0.381 e. The number of carbonyl (C=O) groups is 1. The molecule has 2 saturated heterocycles. The molecule has 1 spiro atoms. The van der Waals surface area contributed by atoms with Gasteiger partial charge in [-0.25, -0.2) is 0 Å². The van der Waals surface area contributed by atoms with E-state index in [9.17, 15) is 4.79 Å². The van der Waals surface area contributed by atoms with Crippen LogP contribution in [0.25, 0.3) is 0 Å². The zero-order valence-corrected chi connectivity index (χ0v) is 14.8. The molecule has 2 heterocycles. The van der Waals surface area contributed by atoms with Crippen LogP contribution < -0.4 is 10.6 Å². The average Bonchev–Trinajstić information content (AvgIpc) is 3.25. The standard InChI is InChI=1S/C17H30N2O3.ClH/c20-16(15-12-17(15)4-7-18-8-5-17)19-6-1-9-22-13-14-2-10-21-11-3-14;/h14-15,18H,1-13H2,(H,19,20);1H. The van der Waals surface area contributed by atoms with Crippen LogP contribution in [-0.2, 0) is 14.3 Å². The summed E-state index contributed by atoms with van der Waals surface area (Å²) in [5, 5.41) is 6.47. The Kier molecular flexibility index (Phi) is 7.60. The molecule has 1 atom stereocenters. The summed E-state index contributed by atoms with van der Waals surface area (Å²) in [5.41, 5.74) is 0.342. The highest BCUT2D eigenvalue weighted by Crippen LogP contribution is 2.58. The smallest absolute Gasteiger partial charge is 0.223 e. The molecule has 1 saturated carbocycles. The molecule has 2 N–H and O–H groups in total. The first-order valence-electron chi connectivity index (χ1n) is 8.94. The van der Waals surface area contributed by atoms with Gasteiger partial charge in [-0.2, -0.15) is 0 Å². The van der Waals surface area contributed by atoms with Crippen LogP contribution in [0.1, 0.15) is 38.5 Å². The molecule has 0 radical (unpaired) electrons. The van der Waals surface area contributed by atoms with Crippen molar-refractivity contribution in [3.63, 3.8) is 0 Å². The summed E-state index contributed by atoms with van der Waals surface area (Å²) in [5.74, 6) is 1.21. The molecule has 3 fully saturated rings. The van der Waals surface area contributed by atoms with Gasteiger partial charge >= 0.3 is 0 Å². The van der Waals surface area contributed by atoms with Gasteiger partial charge in [0.15, 0.2) is 0 Å². The van der Waals surface area contributed by atoms with Gasteiger partial charge in [0.05, 0.1) is 0 Å². The van der Waals surface area contributed by atoms with Gasteiger partial charge in [-0.15, -0.1) is 12.4 Å². The lowest BCUT2D eigenvalue weighted by molar-refractivity contribution is -0.123. The summed E-state index contributed by atoms with van der Waals surface area (Å²) in [6, 6.07) is 0. The first-order valence-corrected chi connectivity index (χ1v) is 8.94. The van der Waals surface area contributed by atoms with Crippen LogP contribution in [0.4, 0.5) is 0 Å². The lowest BCUT2D eigenvalue weighted by Gasteiger charge is -2.23. The first kappa shape index (κ1) is 19.0. The van der Waals surface area contributed by atoms with Crippen LogP contribution in [0.2, 0.25) is 0 Å². The minimum absolute atomic E-state index is 0. The van der Waals surface area contributed by atoms with E-state index in [0.717, 1.165) is 71.7 Å². The first-order chi connectivity index (χ1) is 10.8. The highest BCUT2D eigenvalue weighted by molar-refractivity contribution is 5.85. The van der Waals surface area contributed by atoms with Crippen LogP contribution in [0, 0.1) is 17.3 Å². The molecule has 0 aromatic heterocycles. The number of ether oxygens (including phenoxy) is 2. The van der Waals surface area contributed by atoms with E-state index in [-0.39, 0.29) is 24.2 Å². The fourth-order valence-electron chi connectivity index (χ4n) is 3.87. The van der Waals surface area contributed by atoms with Gasteiger partial charge in [0.1, 0.15) is 0 Å². The molecule has 3 aliphatic rings. The molecule has 134 valence electrons. The molecule has 1 unspecified atom stereocenters. The van der Waals surface area contributed by atoms with Crippen molar-refractivity contribution in [2.45, 2.75) is 38.5 Å². The van der Waals surface area contributed by atoms with Crippen LogP contribution in [-0.4, -0.2) is 52.0 Å². The van der Waals surface area contributed by atoms with Crippen molar-refractivity contribution in [1.82, 2.24) is 10.6 Å². The van der Waals surface area contributed by atoms with Gasteiger partial charge in [0.25, 0.3) is 0 Å². The Hall–Kier alpha value is -0.360. The molecule has 5 nitrogen and oxygen atoms in total. The molecule has 0 bridgehead atoms. The molecule has 1 aliphatic carbocycles. The van der Waals surface area contributed by atoms with Gasteiger partial charge in [-0.05, 0) is 62.9 Å². The monoisotopic (exact) mass is 346 g/mol. The summed E-state index contributed by atoms with van der Waals surface area (Å²) in [6.07, 6.45) is 6.58. The second kappa shape index (κ2) is 9.21. The predicted octanol–water partition coefficient (Wildman–Crippen LogP) is 1.75. The third kappa shape index (κ3) is 5.31. The molecule has 23 heavy (non-hydrogen) atoms. The number of amides is 1. The lowest BCUT2D eigenvalue weighted by atomic mass is 9.92. The molecule has 6 heteroatoms. The number of halogens is 1. The van der Waals surface area contributed by atoms with Crippen molar-refractivity contribution < 1.29 is 14.3 Å².